The molecule has 2 aromatic rings. The second kappa shape index (κ2) is 8.31. The number of aromatic nitrogens is 2. The highest BCUT2D eigenvalue weighted by atomic mass is 32.2. The van der Waals surface area contributed by atoms with E-state index in [1.54, 1.807) is 46.5 Å². The van der Waals surface area contributed by atoms with Crippen molar-refractivity contribution in [3.63, 3.8) is 0 Å². The molecule has 8 nitrogen and oxygen atoms in total. The maximum atomic E-state index is 13.4. The molecule has 9 heteroatoms. The smallest absolute Gasteiger partial charge is 0.243 e. The number of carbonyl (C=O) groups excluding carboxylic acids is 1. The maximum absolute atomic E-state index is 13.4. The summed E-state index contributed by atoms with van der Waals surface area (Å²) >= 11 is 0. The van der Waals surface area contributed by atoms with Crippen LogP contribution in [0.15, 0.2) is 35.2 Å². The summed E-state index contributed by atoms with van der Waals surface area (Å²) in [5.41, 5.74) is 1.81. The van der Waals surface area contributed by atoms with E-state index in [0.29, 0.717) is 38.3 Å². The molecule has 2 aliphatic heterocycles. The third kappa shape index (κ3) is 3.79. The molecule has 160 valence electrons. The van der Waals surface area contributed by atoms with Gasteiger partial charge in [0.1, 0.15) is 11.6 Å². The van der Waals surface area contributed by atoms with E-state index in [0.717, 1.165) is 29.9 Å². The summed E-state index contributed by atoms with van der Waals surface area (Å²) in [6.45, 7) is 3.06. The third-order valence-electron chi connectivity index (χ3n) is 5.87. The summed E-state index contributed by atoms with van der Waals surface area (Å²) < 4.78 is 28.3. The van der Waals surface area contributed by atoms with Gasteiger partial charge in [-0.15, -0.1) is 0 Å². The average molecular weight is 430 g/mol. The van der Waals surface area contributed by atoms with E-state index >= 15 is 0 Å². The first-order valence-corrected chi connectivity index (χ1v) is 11.8. The normalized spacial score (nSPS) is 19.9. The van der Waals surface area contributed by atoms with Gasteiger partial charge in [-0.3, -0.25) is 4.79 Å². The molecule has 1 aromatic heterocycles. The lowest BCUT2D eigenvalue weighted by atomic mass is 10.0. The minimum atomic E-state index is -3.66. The van der Waals surface area contributed by atoms with Crippen LogP contribution in [0.2, 0.25) is 0 Å². The number of amides is 1. The number of nitrogens with zero attached hydrogens (tertiary/aromatic N) is 4. The van der Waals surface area contributed by atoms with Gasteiger partial charge in [-0.05, 0) is 31.4 Å². The molecule has 1 amide bonds. The van der Waals surface area contributed by atoms with Crippen LogP contribution in [0, 0.1) is 0 Å². The predicted molar refractivity (Wildman–Crippen MR) is 113 cm³/mol. The number of hydrogen-bond donors (Lipinski definition) is 1. The first-order valence-electron chi connectivity index (χ1n) is 10.3. The molecule has 1 aromatic carbocycles. The maximum Gasteiger partial charge on any atom is 0.243 e. The van der Waals surface area contributed by atoms with Gasteiger partial charge in [0.25, 0.3) is 0 Å². The molecule has 3 heterocycles. The van der Waals surface area contributed by atoms with E-state index in [9.17, 15) is 13.2 Å². The predicted octanol–water partition coefficient (Wildman–Crippen LogP) is 2.34. The fraction of sp³-hybridized carbons (Fsp3) is 0.476. The van der Waals surface area contributed by atoms with E-state index in [-0.39, 0.29) is 10.8 Å². The number of nitrogens with one attached hydrogen (secondary N) is 1. The summed E-state index contributed by atoms with van der Waals surface area (Å²) in [5.74, 6) is 1.24. The molecule has 30 heavy (non-hydrogen) atoms. The highest BCUT2D eigenvalue weighted by molar-refractivity contribution is 7.89. The van der Waals surface area contributed by atoms with Crippen LogP contribution in [0.25, 0.3) is 0 Å². The van der Waals surface area contributed by atoms with Crippen LogP contribution in [-0.2, 0) is 27.8 Å². The fourth-order valence-corrected chi connectivity index (χ4v) is 5.93. The van der Waals surface area contributed by atoms with Crippen LogP contribution in [-0.4, -0.2) is 53.6 Å². The van der Waals surface area contributed by atoms with Gasteiger partial charge in [0.2, 0.25) is 15.9 Å². The summed E-state index contributed by atoms with van der Waals surface area (Å²) in [4.78, 5) is 23.4. The molecular formula is C21H27N5O3S. The van der Waals surface area contributed by atoms with Gasteiger partial charge in [0, 0.05) is 32.6 Å². The monoisotopic (exact) mass is 429 g/mol. The first-order chi connectivity index (χ1) is 14.4. The molecule has 0 aliphatic carbocycles. The lowest BCUT2D eigenvalue weighted by molar-refractivity contribution is -0.129. The lowest BCUT2D eigenvalue weighted by Crippen LogP contribution is -2.40. The third-order valence-corrected chi connectivity index (χ3v) is 7.79. The Labute approximate surface area is 177 Å². The van der Waals surface area contributed by atoms with E-state index in [1.165, 1.54) is 0 Å². The second-order valence-corrected chi connectivity index (χ2v) is 9.63. The Balaban J connectivity index is 1.74. The van der Waals surface area contributed by atoms with Crippen LogP contribution in [0.3, 0.4) is 0 Å². The van der Waals surface area contributed by atoms with Crippen molar-refractivity contribution in [3.8, 4) is 0 Å². The first kappa shape index (κ1) is 20.7. The highest BCUT2D eigenvalue weighted by Gasteiger charge is 2.37. The molecule has 1 unspecified atom stereocenters. The molecule has 1 saturated heterocycles. The number of hydrogen-bond acceptors (Lipinski definition) is 6. The van der Waals surface area contributed by atoms with Gasteiger partial charge in [-0.2, -0.15) is 4.31 Å². The summed E-state index contributed by atoms with van der Waals surface area (Å²) in [6, 6.07) is 8.10. The van der Waals surface area contributed by atoms with E-state index in [2.05, 4.69) is 5.32 Å². The van der Waals surface area contributed by atoms with Gasteiger partial charge < -0.3 is 10.2 Å². The van der Waals surface area contributed by atoms with Crippen LogP contribution in [0.4, 0.5) is 5.82 Å². The van der Waals surface area contributed by atoms with Gasteiger partial charge in [0.05, 0.1) is 23.2 Å². The van der Waals surface area contributed by atoms with Crippen LogP contribution in [0.5, 0.6) is 0 Å². The van der Waals surface area contributed by atoms with Crippen molar-refractivity contribution in [2.45, 2.75) is 50.1 Å². The molecule has 4 rings (SSSR count). The Kier molecular flexibility index (Phi) is 5.75. The molecule has 1 atom stereocenters. The lowest BCUT2D eigenvalue weighted by Gasteiger charge is -2.35. The zero-order valence-corrected chi connectivity index (χ0v) is 18.2. The van der Waals surface area contributed by atoms with Crippen molar-refractivity contribution < 1.29 is 13.2 Å². The van der Waals surface area contributed by atoms with Gasteiger partial charge in [-0.25, -0.2) is 18.4 Å². The highest BCUT2D eigenvalue weighted by Crippen LogP contribution is 2.35. The quantitative estimate of drug-likeness (QED) is 0.802. The molecule has 0 spiro atoms. The molecule has 0 bridgehead atoms. The number of anilines is 1. The van der Waals surface area contributed by atoms with E-state index in [4.69, 9.17) is 9.97 Å². The van der Waals surface area contributed by atoms with Crippen molar-refractivity contribution in [2.75, 3.05) is 25.5 Å². The standard InChI is InChI=1S/C21H27N5O3S/c1-15(27)25-13-11-17-18(14-25)23-21(24-20(17)22-2)19-10-6-7-12-26(19)30(28,29)16-8-4-3-5-9-16/h3-5,8-9,19H,6-7,10-14H2,1-2H3,(H,22,23,24). The van der Waals surface area contributed by atoms with Crippen molar-refractivity contribution in [2.24, 2.45) is 0 Å². The average Bonchev–Trinajstić information content (AvgIpc) is 2.78. The van der Waals surface area contributed by atoms with Gasteiger partial charge in [-0.1, -0.05) is 24.6 Å². The molecule has 1 N–H and O–H groups in total. The van der Waals surface area contributed by atoms with Gasteiger partial charge >= 0.3 is 0 Å². The minimum absolute atomic E-state index is 0.0118. The topological polar surface area (TPSA) is 95.5 Å². The van der Waals surface area contributed by atoms with Crippen molar-refractivity contribution in [3.05, 3.63) is 47.4 Å². The number of fused-ring (bicyclic) bond motifs is 1. The van der Waals surface area contributed by atoms with Gasteiger partial charge in [0.15, 0.2) is 0 Å². The zero-order chi connectivity index (χ0) is 21.3. The molecule has 0 radical (unpaired) electrons. The number of carbonyl (C=O) groups is 1. The van der Waals surface area contributed by atoms with E-state index < -0.39 is 16.1 Å². The Morgan fingerprint density at radius 3 is 2.60 bits per heavy atom. The van der Waals surface area contributed by atoms with Crippen LogP contribution < -0.4 is 5.32 Å². The SMILES string of the molecule is CNc1nc(C2CCCCN2S(=O)(=O)c2ccccc2)nc2c1CCN(C(C)=O)C2. The molecule has 0 saturated carbocycles. The van der Waals surface area contributed by atoms with Crippen LogP contribution in [0.1, 0.15) is 49.3 Å². The summed E-state index contributed by atoms with van der Waals surface area (Å²) in [5, 5.41) is 3.14. The Hall–Kier alpha value is -2.52. The number of rotatable bonds is 4. The largest absolute Gasteiger partial charge is 0.373 e. The fourth-order valence-electron chi connectivity index (χ4n) is 4.25. The summed E-state index contributed by atoms with van der Waals surface area (Å²) in [7, 11) is -1.85. The summed E-state index contributed by atoms with van der Waals surface area (Å²) in [6.07, 6.45) is 3.08. The minimum Gasteiger partial charge on any atom is -0.373 e. The van der Waals surface area contributed by atoms with Crippen LogP contribution >= 0.6 is 0 Å². The Morgan fingerprint density at radius 2 is 1.90 bits per heavy atom. The Morgan fingerprint density at radius 1 is 1.13 bits per heavy atom. The van der Waals surface area contributed by atoms with Crippen molar-refractivity contribution >= 4 is 21.7 Å². The number of piperidine rings is 1. The number of sulfonamides is 1. The zero-order valence-electron chi connectivity index (χ0n) is 17.3. The number of benzene rings is 1. The Bertz CT molecular complexity index is 1040. The molecule has 2 aliphatic rings. The van der Waals surface area contributed by atoms with Crippen molar-refractivity contribution in [1.29, 1.82) is 0 Å². The second-order valence-electron chi connectivity index (χ2n) is 7.74. The molecule has 1 fully saturated rings. The van der Waals surface area contributed by atoms with E-state index in [1.807, 2.05) is 7.05 Å². The van der Waals surface area contributed by atoms with Crippen molar-refractivity contribution in [1.82, 2.24) is 19.2 Å². The molecular weight excluding hydrogens is 402 g/mol.